The Morgan fingerprint density at radius 2 is 1.78 bits per heavy atom. The predicted octanol–water partition coefficient (Wildman–Crippen LogP) is 5.80. The average Bonchev–Trinajstić information content (AvgIpc) is 3.42. The summed E-state index contributed by atoms with van der Waals surface area (Å²) in [6.07, 6.45) is 3.91. The highest BCUT2D eigenvalue weighted by atomic mass is 19.1. The second kappa shape index (κ2) is 14.3. The van der Waals surface area contributed by atoms with Gasteiger partial charge in [-0.3, -0.25) is 19.0 Å². The molecular weight excluding hydrogens is 585 g/mol. The number of benzene rings is 2. The molecule has 0 bridgehead atoms. The van der Waals surface area contributed by atoms with Crippen LogP contribution < -0.4 is 10.9 Å². The molecule has 0 atom stereocenters. The van der Waals surface area contributed by atoms with E-state index in [2.05, 4.69) is 15.2 Å². The molecule has 0 unspecified atom stereocenters. The van der Waals surface area contributed by atoms with Gasteiger partial charge in [0.1, 0.15) is 17.0 Å². The summed E-state index contributed by atoms with van der Waals surface area (Å²) >= 11 is 0. The Hall–Kier alpha value is -5.09. The summed E-state index contributed by atoms with van der Waals surface area (Å²) in [6.45, 7) is 6.54. The van der Waals surface area contributed by atoms with Crippen molar-refractivity contribution in [1.29, 1.82) is 0 Å². The lowest BCUT2D eigenvalue weighted by molar-refractivity contribution is -0.118. The van der Waals surface area contributed by atoms with E-state index in [1.165, 1.54) is 16.7 Å². The van der Waals surface area contributed by atoms with Gasteiger partial charge in [-0.2, -0.15) is 0 Å². The number of amides is 1. The molecule has 0 aliphatic rings. The van der Waals surface area contributed by atoms with E-state index in [0.717, 1.165) is 16.8 Å². The quantitative estimate of drug-likeness (QED) is 0.177. The van der Waals surface area contributed by atoms with Gasteiger partial charge in [0.25, 0.3) is 5.56 Å². The number of fused-ring (bicyclic) bond motifs is 1. The third-order valence-electron chi connectivity index (χ3n) is 7.77. The Bertz CT molecular complexity index is 1900. The molecule has 0 aliphatic heterocycles. The zero-order valence-electron chi connectivity index (χ0n) is 26.5. The molecule has 0 radical (unpaired) electrons. The molecule has 1 N–H and O–H groups in total. The largest absolute Gasteiger partial charge is 0.462 e. The van der Waals surface area contributed by atoms with Crippen molar-refractivity contribution in [3.63, 3.8) is 0 Å². The molecule has 238 valence electrons. The first-order valence-corrected chi connectivity index (χ1v) is 15.3. The van der Waals surface area contributed by atoms with Crippen molar-refractivity contribution in [3.8, 4) is 11.1 Å². The maximum absolute atomic E-state index is 14.8. The molecule has 3 aromatic heterocycles. The highest BCUT2D eigenvalue weighted by Crippen LogP contribution is 2.30. The Morgan fingerprint density at radius 3 is 2.46 bits per heavy atom. The number of hydrogen-bond acceptors (Lipinski definition) is 6. The van der Waals surface area contributed by atoms with Crippen molar-refractivity contribution < 1.29 is 18.7 Å². The number of carbonyl (C=O) groups is 2. The fourth-order valence-corrected chi connectivity index (χ4v) is 5.27. The molecule has 5 rings (SSSR count). The van der Waals surface area contributed by atoms with Crippen LogP contribution in [0.25, 0.3) is 16.8 Å². The van der Waals surface area contributed by atoms with Gasteiger partial charge in [0, 0.05) is 66.0 Å². The van der Waals surface area contributed by atoms with Crippen molar-refractivity contribution in [2.45, 2.75) is 40.3 Å². The Labute approximate surface area is 267 Å². The normalized spacial score (nSPS) is 11.4. The van der Waals surface area contributed by atoms with E-state index in [-0.39, 0.29) is 30.5 Å². The molecule has 46 heavy (non-hydrogen) atoms. The first-order valence-electron chi connectivity index (χ1n) is 15.3. The van der Waals surface area contributed by atoms with Gasteiger partial charge in [-0.1, -0.05) is 50.2 Å². The number of anilines is 1. The maximum Gasteiger partial charge on any atom is 0.345 e. The lowest BCUT2D eigenvalue weighted by Gasteiger charge is -2.19. The van der Waals surface area contributed by atoms with E-state index in [4.69, 9.17) is 4.74 Å². The minimum absolute atomic E-state index is 0.0848. The second-order valence-corrected chi connectivity index (χ2v) is 11.5. The molecule has 2 aromatic carbocycles. The van der Waals surface area contributed by atoms with Gasteiger partial charge in [-0.25, -0.2) is 9.18 Å². The molecule has 0 fully saturated rings. The minimum Gasteiger partial charge on any atom is -0.462 e. The van der Waals surface area contributed by atoms with Crippen molar-refractivity contribution in [3.05, 3.63) is 124 Å². The lowest BCUT2D eigenvalue weighted by Crippen LogP contribution is -2.30. The number of carbonyl (C=O) groups excluding carboxylic acids is 2. The smallest absolute Gasteiger partial charge is 0.345 e. The predicted molar refractivity (Wildman–Crippen MR) is 176 cm³/mol. The number of ether oxygens (including phenoxy) is 1. The number of nitrogens with zero attached hydrogens (tertiary/aromatic N) is 4. The van der Waals surface area contributed by atoms with Crippen LogP contribution in [0, 0.1) is 11.7 Å². The van der Waals surface area contributed by atoms with Crippen molar-refractivity contribution in [2.75, 3.05) is 25.5 Å². The van der Waals surface area contributed by atoms with E-state index < -0.39 is 17.3 Å². The molecular formula is C36H38FN5O4. The van der Waals surface area contributed by atoms with Crippen LogP contribution in [0.1, 0.15) is 48.1 Å². The van der Waals surface area contributed by atoms with Crippen LogP contribution in [0.2, 0.25) is 0 Å². The van der Waals surface area contributed by atoms with E-state index in [1.54, 1.807) is 35.9 Å². The number of halogens is 1. The van der Waals surface area contributed by atoms with Crippen LogP contribution in [-0.4, -0.2) is 50.9 Å². The van der Waals surface area contributed by atoms with Gasteiger partial charge in [0.15, 0.2) is 0 Å². The second-order valence-electron chi connectivity index (χ2n) is 11.5. The van der Waals surface area contributed by atoms with Gasteiger partial charge < -0.3 is 19.5 Å². The van der Waals surface area contributed by atoms with Crippen LogP contribution in [0.4, 0.5) is 10.1 Å². The van der Waals surface area contributed by atoms with Gasteiger partial charge in [0.2, 0.25) is 5.91 Å². The highest BCUT2D eigenvalue weighted by Gasteiger charge is 2.23. The standard InChI is InChI=1S/C36H38FN5O4/c1-5-46-36(45)30-22-41(21-26-10-6-7-12-31(26)37)33-20-29(25-13-15-28(16-14-25)39-34(43)24(2)3)32(42(33)35(30)44)23-40(4)19-17-27-11-8-9-18-38-27/h6-16,18,20,22,24H,5,17,19,21,23H2,1-4H3,(H,39,43). The molecule has 9 nitrogen and oxygen atoms in total. The fourth-order valence-electron chi connectivity index (χ4n) is 5.27. The first-order chi connectivity index (χ1) is 22.2. The monoisotopic (exact) mass is 623 g/mol. The number of hydrogen-bond donors (Lipinski definition) is 1. The number of pyridine rings is 1. The molecule has 0 saturated heterocycles. The van der Waals surface area contributed by atoms with Crippen molar-refractivity contribution >= 4 is 23.2 Å². The van der Waals surface area contributed by atoms with E-state index >= 15 is 0 Å². The number of rotatable bonds is 12. The number of esters is 1. The fraction of sp³-hybridized carbons (Fsp3) is 0.278. The topological polar surface area (TPSA) is 97.9 Å². The number of likely N-dealkylation sites (N-methyl/N-ethyl adjacent to an activating group) is 1. The highest BCUT2D eigenvalue weighted by molar-refractivity contribution is 5.92. The molecule has 10 heteroatoms. The van der Waals surface area contributed by atoms with E-state index in [0.29, 0.717) is 42.1 Å². The molecule has 1 amide bonds. The van der Waals surface area contributed by atoms with Gasteiger partial charge in [-0.05, 0) is 55.9 Å². The summed E-state index contributed by atoms with van der Waals surface area (Å²) in [6, 6.07) is 21.5. The zero-order valence-corrected chi connectivity index (χ0v) is 26.5. The van der Waals surface area contributed by atoms with Gasteiger partial charge in [0.05, 0.1) is 13.2 Å². The summed E-state index contributed by atoms with van der Waals surface area (Å²) in [5, 5.41) is 2.91. The lowest BCUT2D eigenvalue weighted by atomic mass is 10.0. The molecule has 3 heterocycles. The summed E-state index contributed by atoms with van der Waals surface area (Å²) in [5.74, 6) is -1.39. The van der Waals surface area contributed by atoms with E-state index in [9.17, 15) is 18.8 Å². The summed E-state index contributed by atoms with van der Waals surface area (Å²) in [4.78, 5) is 45.9. The van der Waals surface area contributed by atoms with Gasteiger partial charge >= 0.3 is 5.97 Å². The summed E-state index contributed by atoms with van der Waals surface area (Å²) < 4.78 is 23.3. The number of aromatic nitrogens is 3. The maximum atomic E-state index is 14.8. The summed E-state index contributed by atoms with van der Waals surface area (Å²) in [5.41, 5.74) is 4.10. The molecule has 0 aliphatic carbocycles. The average molecular weight is 624 g/mol. The Kier molecular flexibility index (Phi) is 10.1. The summed E-state index contributed by atoms with van der Waals surface area (Å²) in [7, 11) is 1.96. The molecule has 5 aromatic rings. The molecule has 0 saturated carbocycles. The zero-order chi connectivity index (χ0) is 32.8. The third kappa shape index (κ3) is 7.24. The van der Waals surface area contributed by atoms with Gasteiger partial charge in [-0.15, -0.1) is 0 Å². The van der Waals surface area contributed by atoms with Crippen LogP contribution in [0.3, 0.4) is 0 Å². The molecule has 0 spiro atoms. The Morgan fingerprint density at radius 1 is 1.04 bits per heavy atom. The van der Waals surface area contributed by atoms with Crippen molar-refractivity contribution in [1.82, 2.24) is 18.9 Å². The third-order valence-corrected chi connectivity index (χ3v) is 7.77. The number of nitrogens with one attached hydrogen (secondary N) is 1. The van der Waals surface area contributed by atoms with Crippen LogP contribution >= 0.6 is 0 Å². The minimum atomic E-state index is -0.744. The van der Waals surface area contributed by atoms with E-state index in [1.807, 2.05) is 69.4 Å². The SMILES string of the molecule is CCOC(=O)c1cn(Cc2ccccc2F)c2cc(-c3ccc(NC(=O)C(C)C)cc3)c(CN(C)CCc3ccccn3)n2c1=O. The first kappa shape index (κ1) is 32.3. The van der Waals surface area contributed by atoms with Crippen molar-refractivity contribution in [2.24, 2.45) is 5.92 Å². The van der Waals surface area contributed by atoms with Crippen LogP contribution in [-0.2, 0) is 29.0 Å². The Balaban J connectivity index is 1.65. The van der Waals surface area contributed by atoms with Crippen LogP contribution in [0.15, 0.2) is 90.0 Å². The van der Waals surface area contributed by atoms with Crippen LogP contribution in [0.5, 0.6) is 0 Å².